The number of hydrogen-bond donors (Lipinski definition) is 2. The normalized spacial score (nSPS) is 12.9. The van der Waals surface area contributed by atoms with Gasteiger partial charge >= 0.3 is 5.97 Å². The Morgan fingerprint density at radius 2 is 1.56 bits per heavy atom. The summed E-state index contributed by atoms with van der Waals surface area (Å²) in [6, 6.07) is -0.464. The maximum atomic E-state index is 11.8. The van der Waals surface area contributed by atoms with E-state index in [0.29, 0.717) is 0 Å². The van der Waals surface area contributed by atoms with Gasteiger partial charge in [0.1, 0.15) is 6.04 Å². The van der Waals surface area contributed by atoms with Crippen LogP contribution in [0.3, 0.4) is 0 Å². The van der Waals surface area contributed by atoms with Gasteiger partial charge in [0.2, 0.25) is 5.91 Å². The molecule has 0 unspecified atom stereocenters. The zero-order chi connectivity index (χ0) is 12.9. The Hall–Kier alpha value is -1.10. The molecule has 1 atom stereocenters. The summed E-state index contributed by atoms with van der Waals surface area (Å²) >= 11 is 0. The van der Waals surface area contributed by atoms with Crippen molar-refractivity contribution in [3.05, 3.63) is 0 Å². The molecule has 0 heterocycles. The minimum Gasteiger partial charge on any atom is -0.480 e. The molecule has 5 heteroatoms. The van der Waals surface area contributed by atoms with Crippen molar-refractivity contribution in [1.82, 2.24) is 10.2 Å². The third-order valence-corrected chi connectivity index (χ3v) is 2.33. The van der Waals surface area contributed by atoms with Crippen LogP contribution in [0.25, 0.3) is 0 Å². The maximum Gasteiger partial charge on any atom is 0.320 e. The minimum absolute atomic E-state index is 0.0594. The van der Waals surface area contributed by atoms with Crippen LogP contribution in [-0.4, -0.2) is 46.6 Å². The molecule has 2 N–H and O–H groups in total. The minimum atomic E-state index is -0.951. The number of amides is 1. The molecule has 0 aliphatic heterocycles. The van der Waals surface area contributed by atoms with Gasteiger partial charge in [-0.15, -0.1) is 0 Å². The van der Waals surface area contributed by atoms with Gasteiger partial charge in [0.15, 0.2) is 0 Å². The summed E-state index contributed by atoms with van der Waals surface area (Å²) in [5, 5.41) is 11.3. The number of aliphatic carboxylic acids is 1. The van der Waals surface area contributed by atoms with Gasteiger partial charge < -0.3 is 10.0 Å². The van der Waals surface area contributed by atoms with E-state index in [-0.39, 0.29) is 24.5 Å². The van der Waals surface area contributed by atoms with Crippen LogP contribution in [-0.2, 0) is 9.59 Å². The monoisotopic (exact) mass is 230 g/mol. The van der Waals surface area contributed by atoms with E-state index in [2.05, 4.69) is 5.32 Å². The SMILES string of the molecule is CC(C)N(C(=O)CN[C@@H](C)C(=O)O)C(C)C. The topological polar surface area (TPSA) is 69.6 Å². The second-order valence-electron chi connectivity index (χ2n) is 4.43. The molecule has 1 amide bonds. The lowest BCUT2D eigenvalue weighted by atomic mass is 10.2. The van der Waals surface area contributed by atoms with Crippen molar-refractivity contribution >= 4 is 11.9 Å². The molecule has 0 rings (SSSR count). The predicted octanol–water partition coefficient (Wildman–Crippen LogP) is 0.695. The summed E-state index contributed by atoms with van der Waals surface area (Å²) in [7, 11) is 0. The van der Waals surface area contributed by atoms with Gasteiger partial charge in [-0.1, -0.05) is 0 Å². The van der Waals surface area contributed by atoms with Gasteiger partial charge in [0.25, 0.3) is 0 Å². The largest absolute Gasteiger partial charge is 0.480 e. The van der Waals surface area contributed by atoms with Gasteiger partial charge in [0.05, 0.1) is 6.54 Å². The number of carbonyl (C=O) groups excluding carboxylic acids is 1. The Morgan fingerprint density at radius 1 is 1.12 bits per heavy atom. The van der Waals surface area contributed by atoms with Gasteiger partial charge in [-0.05, 0) is 34.6 Å². The van der Waals surface area contributed by atoms with Crippen molar-refractivity contribution in [3.8, 4) is 0 Å². The molecule has 0 radical (unpaired) electrons. The first-order valence-corrected chi connectivity index (χ1v) is 5.54. The van der Waals surface area contributed by atoms with Crippen LogP contribution in [0.15, 0.2) is 0 Å². The number of nitrogens with one attached hydrogen (secondary N) is 1. The van der Waals surface area contributed by atoms with Crippen LogP contribution >= 0.6 is 0 Å². The first-order chi connectivity index (χ1) is 7.27. The number of carbonyl (C=O) groups is 2. The summed E-state index contributed by atoms with van der Waals surface area (Å²) in [6.07, 6.45) is 0. The van der Waals surface area contributed by atoms with Crippen LogP contribution in [0, 0.1) is 0 Å². The van der Waals surface area contributed by atoms with E-state index in [4.69, 9.17) is 5.11 Å². The summed E-state index contributed by atoms with van der Waals surface area (Å²) in [4.78, 5) is 24.1. The molecule has 0 saturated carbocycles. The number of nitrogens with zero attached hydrogens (tertiary/aromatic N) is 1. The van der Waals surface area contributed by atoms with Crippen LogP contribution in [0.4, 0.5) is 0 Å². The van der Waals surface area contributed by atoms with Gasteiger partial charge in [-0.3, -0.25) is 14.9 Å². The average Bonchev–Trinajstić information content (AvgIpc) is 2.12. The van der Waals surface area contributed by atoms with Gasteiger partial charge in [-0.2, -0.15) is 0 Å². The molecule has 0 spiro atoms. The highest BCUT2D eigenvalue weighted by Gasteiger charge is 2.21. The zero-order valence-electron chi connectivity index (χ0n) is 10.7. The Bertz CT molecular complexity index is 244. The quantitative estimate of drug-likeness (QED) is 0.704. The number of carboxylic acids is 1. The van der Waals surface area contributed by atoms with Crippen LogP contribution in [0.5, 0.6) is 0 Å². The molecule has 0 aliphatic carbocycles. The molecular weight excluding hydrogens is 208 g/mol. The summed E-state index contributed by atoms with van der Waals surface area (Å²) in [5.41, 5.74) is 0. The molecule has 0 fully saturated rings. The van der Waals surface area contributed by atoms with Gasteiger partial charge in [0, 0.05) is 12.1 Å². The van der Waals surface area contributed by atoms with Crippen molar-refractivity contribution in [2.75, 3.05) is 6.54 Å². The Kier molecular flexibility index (Phi) is 6.03. The highest BCUT2D eigenvalue weighted by molar-refractivity contribution is 5.80. The Morgan fingerprint density at radius 3 is 1.88 bits per heavy atom. The van der Waals surface area contributed by atoms with Crippen LogP contribution < -0.4 is 5.32 Å². The number of carboxylic acid groups (broad SMARTS) is 1. The summed E-state index contributed by atoms with van der Waals surface area (Å²) < 4.78 is 0. The third kappa shape index (κ3) is 4.61. The molecule has 0 aromatic rings. The molecule has 0 bridgehead atoms. The van der Waals surface area contributed by atoms with Crippen LogP contribution in [0.1, 0.15) is 34.6 Å². The molecule has 94 valence electrons. The van der Waals surface area contributed by atoms with E-state index in [1.807, 2.05) is 27.7 Å². The van der Waals surface area contributed by atoms with E-state index >= 15 is 0 Å². The smallest absolute Gasteiger partial charge is 0.320 e. The van der Waals surface area contributed by atoms with Crippen molar-refractivity contribution in [2.24, 2.45) is 0 Å². The highest BCUT2D eigenvalue weighted by atomic mass is 16.4. The molecule has 0 aromatic carbocycles. The summed E-state index contributed by atoms with van der Waals surface area (Å²) in [6.45, 7) is 9.35. The first-order valence-electron chi connectivity index (χ1n) is 5.54. The number of hydrogen-bond acceptors (Lipinski definition) is 3. The van der Waals surface area contributed by atoms with E-state index in [1.54, 1.807) is 4.90 Å². The second-order valence-corrected chi connectivity index (χ2v) is 4.43. The fraction of sp³-hybridized carbons (Fsp3) is 0.818. The third-order valence-electron chi connectivity index (χ3n) is 2.33. The van der Waals surface area contributed by atoms with E-state index in [9.17, 15) is 9.59 Å². The van der Waals surface area contributed by atoms with E-state index in [0.717, 1.165) is 0 Å². The molecule has 0 saturated heterocycles. The van der Waals surface area contributed by atoms with Crippen molar-refractivity contribution in [3.63, 3.8) is 0 Å². The van der Waals surface area contributed by atoms with E-state index in [1.165, 1.54) is 6.92 Å². The van der Waals surface area contributed by atoms with Crippen LogP contribution in [0.2, 0.25) is 0 Å². The standard InChI is InChI=1S/C11H22N2O3/c1-7(2)13(8(3)4)10(14)6-12-9(5)11(15)16/h7-9,12H,6H2,1-5H3,(H,15,16)/t9-/m0/s1. The lowest BCUT2D eigenvalue weighted by molar-refractivity contribution is -0.139. The van der Waals surface area contributed by atoms with E-state index < -0.39 is 12.0 Å². The molecule has 5 nitrogen and oxygen atoms in total. The first kappa shape index (κ1) is 14.9. The number of rotatable bonds is 6. The molecule has 0 aromatic heterocycles. The Labute approximate surface area is 96.8 Å². The summed E-state index contributed by atoms with van der Waals surface area (Å²) in [5.74, 6) is -1.02. The van der Waals surface area contributed by atoms with Crippen molar-refractivity contribution < 1.29 is 14.7 Å². The molecule has 0 aliphatic rings. The Balaban J connectivity index is 4.27. The fourth-order valence-electron chi connectivity index (χ4n) is 1.59. The van der Waals surface area contributed by atoms with Gasteiger partial charge in [-0.25, -0.2) is 0 Å². The average molecular weight is 230 g/mol. The molecule has 16 heavy (non-hydrogen) atoms. The van der Waals surface area contributed by atoms with Crippen molar-refractivity contribution in [1.29, 1.82) is 0 Å². The lowest BCUT2D eigenvalue weighted by Gasteiger charge is -2.31. The zero-order valence-corrected chi connectivity index (χ0v) is 10.7. The maximum absolute atomic E-state index is 11.8. The van der Waals surface area contributed by atoms with Crippen molar-refractivity contribution in [2.45, 2.75) is 52.7 Å². The fourth-order valence-corrected chi connectivity index (χ4v) is 1.59. The lowest BCUT2D eigenvalue weighted by Crippen LogP contribution is -2.48. The second kappa shape index (κ2) is 6.48. The molecular formula is C11H22N2O3. The highest BCUT2D eigenvalue weighted by Crippen LogP contribution is 2.04. The predicted molar refractivity (Wildman–Crippen MR) is 62.2 cm³/mol.